The Bertz CT molecular complexity index is 720. The zero-order chi connectivity index (χ0) is 14.8. The summed E-state index contributed by atoms with van der Waals surface area (Å²) in [5.74, 6) is 1.03. The van der Waals surface area contributed by atoms with E-state index in [9.17, 15) is 0 Å². The number of fused-ring (bicyclic) bond motifs is 1. The minimum absolute atomic E-state index is 0.366. The molecule has 0 saturated carbocycles. The lowest BCUT2D eigenvalue weighted by Gasteiger charge is -2.35. The van der Waals surface area contributed by atoms with Crippen LogP contribution in [-0.2, 0) is 6.54 Å². The Morgan fingerprint density at radius 1 is 1.18 bits per heavy atom. The van der Waals surface area contributed by atoms with Crippen LogP contribution in [0.25, 0.3) is 11.0 Å². The Morgan fingerprint density at radius 2 is 2.05 bits per heavy atom. The van der Waals surface area contributed by atoms with Crippen molar-refractivity contribution in [2.75, 3.05) is 19.6 Å². The number of nitrogens with zero attached hydrogens (tertiary/aromatic N) is 2. The fourth-order valence-electron chi connectivity index (χ4n) is 3.16. The first-order valence-electron chi connectivity index (χ1n) is 7.72. The molecule has 1 unspecified atom stereocenters. The molecular formula is C18H19N3O. The van der Waals surface area contributed by atoms with E-state index in [1.54, 1.807) is 0 Å². The molecule has 1 fully saturated rings. The van der Waals surface area contributed by atoms with Gasteiger partial charge in [-0.2, -0.15) is 0 Å². The molecule has 1 N–H and O–H groups in total. The van der Waals surface area contributed by atoms with Crippen molar-refractivity contribution in [3.05, 3.63) is 66.2 Å². The van der Waals surface area contributed by atoms with Gasteiger partial charge >= 0.3 is 0 Å². The van der Waals surface area contributed by atoms with Crippen LogP contribution < -0.4 is 5.32 Å². The smallest absolute Gasteiger partial charge is 0.134 e. The number of rotatable bonds is 3. The van der Waals surface area contributed by atoms with Gasteiger partial charge in [0.25, 0.3) is 0 Å². The maximum absolute atomic E-state index is 5.98. The summed E-state index contributed by atoms with van der Waals surface area (Å²) in [7, 11) is 0. The fourth-order valence-corrected chi connectivity index (χ4v) is 3.16. The SMILES string of the molecule is c1ccc2oc(CN3CCNCC3c3ccncc3)cc2c1. The van der Waals surface area contributed by atoms with Gasteiger partial charge in [0.05, 0.1) is 6.54 Å². The monoisotopic (exact) mass is 293 g/mol. The van der Waals surface area contributed by atoms with Gasteiger partial charge in [-0.15, -0.1) is 0 Å². The van der Waals surface area contributed by atoms with E-state index in [1.165, 1.54) is 10.9 Å². The maximum atomic E-state index is 5.98. The fraction of sp³-hybridized carbons (Fsp3) is 0.278. The molecule has 1 atom stereocenters. The highest BCUT2D eigenvalue weighted by Gasteiger charge is 2.24. The first-order chi connectivity index (χ1) is 10.9. The number of nitrogens with one attached hydrogen (secondary N) is 1. The van der Waals surface area contributed by atoms with Crippen LogP contribution in [0.5, 0.6) is 0 Å². The molecule has 1 saturated heterocycles. The van der Waals surface area contributed by atoms with Crippen molar-refractivity contribution >= 4 is 11.0 Å². The Labute approximate surface area is 129 Å². The number of furan rings is 1. The molecule has 4 heteroatoms. The van der Waals surface area contributed by atoms with Gasteiger partial charge < -0.3 is 9.73 Å². The number of para-hydroxylation sites is 1. The molecular weight excluding hydrogens is 274 g/mol. The predicted molar refractivity (Wildman–Crippen MR) is 86.5 cm³/mol. The van der Waals surface area contributed by atoms with E-state index in [-0.39, 0.29) is 0 Å². The zero-order valence-corrected chi connectivity index (χ0v) is 12.4. The van der Waals surface area contributed by atoms with Crippen LogP contribution in [0.4, 0.5) is 0 Å². The molecule has 1 aliphatic heterocycles. The lowest BCUT2D eigenvalue weighted by molar-refractivity contribution is 0.144. The molecule has 1 aromatic carbocycles. The molecule has 0 bridgehead atoms. The molecule has 0 radical (unpaired) electrons. The van der Waals surface area contributed by atoms with Crippen LogP contribution in [0.3, 0.4) is 0 Å². The summed E-state index contributed by atoms with van der Waals surface area (Å²) in [6.45, 7) is 3.83. The molecule has 4 rings (SSSR count). The molecule has 0 amide bonds. The standard InChI is InChI=1S/C18H19N3O/c1-2-4-18-15(3-1)11-16(22-18)13-21-10-9-20-12-17(21)14-5-7-19-8-6-14/h1-8,11,17,20H,9-10,12-13H2. The molecule has 4 nitrogen and oxygen atoms in total. The molecule has 0 aliphatic carbocycles. The summed E-state index contributed by atoms with van der Waals surface area (Å²) < 4.78 is 5.98. The lowest BCUT2D eigenvalue weighted by Crippen LogP contribution is -2.45. The van der Waals surface area contributed by atoms with Gasteiger partial charge in [-0.1, -0.05) is 18.2 Å². The summed E-state index contributed by atoms with van der Waals surface area (Å²) in [5, 5.41) is 4.66. The summed E-state index contributed by atoms with van der Waals surface area (Å²) in [4.78, 5) is 6.60. The third-order valence-electron chi connectivity index (χ3n) is 4.28. The third kappa shape index (κ3) is 2.63. The van der Waals surface area contributed by atoms with Gasteiger partial charge in [-0.3, -0.25) is 9.88 Å². The topological polar surface area (TPSA) is 41.3 Å². The number of hydrogen-bond donors (Lipinski definition) is 1. The van der Waals surface area contributed by atoms with Crippen LogP contribution >= 0.6 is 0 Å². The van der Waals surface area contributed by atoms with Crippen molar-refractivity contribution in [2.24, 2.45) is 0 Å². The minimum Gasteiger partial charge on any atom is -0.460 e. The van der Waals surface area contributed by atoms with Crippen molar-refractivity contribution in [3.63, 3.8) is 0 Å². The molecule has 1 aliphatic rings. The number of pyridine rings is 1. The van der Waals surface area contributed by atoms with Gasteiger partial charge in [0.1, 0.15) is 11.3 Å². The van der Waals surface area contributed by atoms with E-state index in [0.717, 1.165) is 37.5 Å². The number of benzene rings is 1. The molecule has 3 heterocycles. The van der Waals surface area contributed by atoms with Gasteiger partial charge in [0.15, 0.2) is 0 Å². The quantitative estimate of drug-likeness (QED) is 0.806. The van der Waals surface area contributed by atoms with Gasteiger partial charge in [0.2, 0.25) is 0 Å². The average Bonchev–Trinajstić information content (AvgIpc) is 2.98. The number of hydrogen-bond acceptors (Lipinski definition) is 4. The molecule has 2 aromatic heterocycles. The van der Waals surface area contributed by atoms with Gasteiger partial charge in [-0.25, -0.2) is 0 Å². The van der Waals surface area contributed by atoms with Crippen molar-refractivity contribution in [2.45, 2.75) is 12.6 Å². The van der Waals surface area contributed by atoms with Gasteiger partial charge in [-0.05, 0) is 29.8 Å². The second kappa shape index (κ2) is 5.91. The second-order valence-corrected chi connectivity index (χ2v) is 5.72. The summed E-state index contributed by atoms with van der Waals surface area (Å²) in [6, 6.07) is 14.9. The van der Waals surface area contributed by atoms with Crippen LogP contribution in [0.1, 0.15) is 17.4 Å². The lowest BCUT2D eigenvalue weighted by atomic mass is 10.0. The van der Waals surface area contributed by atoms with E-state index in [4.69, 9.17) is 4.42 Å². The van der Waals surface area contributed by atoms with Crippen LogP contribution in [-0.4, -0.2) is 29.5 Å². The Morgan fingerprint density at radius 3 is 2.91 bits per heavy atom. The average molecular weight is 293 g/mol. The van der Waals surface area contributed by atoms with E-state index in [0.29, 0.717) is 6.04 Å². The maximum Gasteiger partial charge on any atom is 0.134 e. The van der Waals surface area contributed by atoms with Crippen molar-refractivity contribution in [3.8, 4) is 0 Å². The van der Waals surface area contributed by atoms with Crippen LogP contribution in [0.15, 0.2) is 59.3 Å². The Kier molecular flexibility index (Phi) is 3.62. The summed E-state index contributed by atoms with van der Waals surface area (Å²) in [6.07, 6.45) is 3.73. The van der Waals surface area contributed by atoms with Gasteiger partial charge in [0, 0.05) is 43.5 Å². The van der Waals surface area contributed by atoms with E-state index < -0.39 is 0 Å². The highest BCUT2D eigenvalue weighted by molar-refractivity contribution is 5.77. The zero-order valence-electron chi connectivity index (χ0n) is 12.4. The Balaban J connectivity index is 1.59. The molecule has 22 heavy (non-hydrogen) atoms. The van der Waals surface area contributed by atoms with Crippen LogP contribution in [0, 0.1) is 0 Å². The molecule has 0 spiro atoms. The van der Waals surface area contributed by atoms with Crippen molar-refractivity contribution < 1.29 is 4.42 Å². The number of aromatic nitrogens is 1. The Hall–Kier alpha value is -2.17. The largest absolute Gasteiger partial charge is 0.460 e. The van der Waals surface area contributed by atoms with Crippen molar-refractivity contribution in [1.82, 2.24) is 15.2 Å². The van der Waals surface area contributed by atoms with Crippen molar-refractivity contribution in [1.29, 1.82) is 0 Å². The third-order valence-corrected chi connectivity index (χ3v) is 4.28. The number of piperazine rings is 1. The highest BCUT2D eigenvalue weighted by atomic mass is 16.3. The van der Waals surface area contributed by atoms with E-state index in [1.807, 2.05) is 30.6 Å². The molecule has 3 aromatic rings. The summed E-state index contributed by atoms with van der Waals surface area (Å²) in [5.41, 5.74) is 2.27. The normalized spacial score (nSPS) is 19.5. The highest BCUT2D eigenvalue weighted by Crippen LogP contribution is 2.26. The first kappa shape index (κ1) is 13.5. The second-order valence-electron chi connectivity index (χ2n) is 5.72. The van der Waals surface area contributed by atoms with Crippen LogP contribution in [0.2, 0.25) is 0 Å². The minimum atomic E-state index is 0.366. The van der Waals surface area contributed by atoms with E-state index >= 15 is 0 Å². The first-order valence-corrected chi connectivity index (χ1v) is 7.72. The molecule has 112 valence electrons. The predicted octanol–water partition coefficient (Wildman–Crippen LogP) is 2.97. The van der Waals surface area contributed by atoms with E-state index in [2.05, 4.69) is 39.5 Å². The summed E-state index contributed by atoms with van der Waals surface area (Å²) >= 11 is 0.